The molecule has 0 radical (unpaired) electrons. The number of hydrazone groups is 1. The standard InChI is InChI=1S/C15H11Cl2N3O3/c16-13-3-1-2-11(15(13)17)9-18-19-14(21)8-10-4-6-12(7-5-10)20(22)23/h1-7,9H,8H2,(H,19,21). The summed E-state index contributed by atoms with van der Waals surface area (Å²) in [5.74, 6) is -0.353. The van der Waals surface area contributed by atoms with Gasteiger partial charge in [0.05, 0.1) is 27.6 Å². The quantitative estimate of drug-likeness (QED) is 0.507. The molecule has 23 heavy (non-hydrogen) atoms. The number of carbonyl (C=O) groups is 1. The number of hydrogen-bond acceptors (Lipinski definition) is 4. The van der Waals surface area contributed by atoms with E-state index in [9.17, 15) is 14.9 Å². The summed E-state index contributed by atoms with van der Waals surface area (Å²) in [6, 6.07) is 10.8. The van der Waals surface area contributed by atoms with Gasteiger partial charge in [0.1, 0.15) is 0 Å². The fourth-order valence-corrected chi connectivity index (χ4v) is 2.11. The zero-order valence-corrected chi connectivity index (χ0v) is 13.2. The van der Waals surface area contributed by atoms with E-state index in [4.69, 9.17) is 23.2 Å². The molecular weight excluding hydrogens is 341 g/mol. The molecule has 6 nitrogen and oxygen atoms in total. The van der Waals surface area contributed by atoms with Gasteiger partial charge in [-0.15, -0.1) is 0 Å². The van der Waals surface area contributed by atoms with Crippen LogP contribution in [0.25, 0.3) is 0 Å². The van der Waals surface area contributed by atoms with E-state index in [2.05, 4.69) is 10.5 Å². The fraction of sp³-hybridized carbons (Fsp3) is 0.0667. The van der Waals surface area contributed by atoms with Gasteiger partial charge in [0.2, 0.25) is 5.91 Å². The average molecular weight is 352 g/mol. The van der Waals surface area contributed by atoms with E-state index in [-0.39, 0.29) is 18.0 Å². The number of carbonyl (C=O) groups excluding carboxylic acids is 1. The Morgan fingerprint density at radius 1 is 1.22 bits per heavy atom. The Labute approximate surface area is 141 Å². The Morgan fingerprint density at radius 2 is 1.91 bits per heavy atom. The van der Waals surface area contributed by atoms with Crippen LogP contribution in [-0.2, 0) is 11.2 Å². The number of nitrogens with zero attached hydrogens (tertiary/aromatic N) is 2. The number of nitro groups is 1. The third-order valence-electron chi connectivity index (χ3n) is 2.89. The number of rotatable bonds is 5. The lowest BCUT2D eigenvalue weighted by Gasteiger charge is -2.02. The Morgan fingerprint density at radius 3 is 2.57 bits per heavy atom. The molecule has 0 aliphatic heterocycles. The Bertz CT molecular complexity index is 761. The summed E-state index contributed by atoms with van der Waals surface area (Å²) in [6.07, 6.45) is 1.45. The van der Waals surface area contributed by atoms with Gasteiger partial charge in [-0.1, -0.05) is 47.5 Å². The number of benzene rings is 2. The normalized spacial score (nSPS) is 10.7. The van der Waals surface area contributed by atoms with Crippen molar-refractivity contribution in [3.8, 4) is 0 Å². The first kappa shape index (κ1) is 16.9. The van der Waals surface area contributed by atoms with E-state index >= 15 is 0 Å². The van der Waals surface area contributed by atoms with E-state index in [0.29, 0.717) is 21.2 Å². The molecule has 1 N–H and O–H groups in total. The number of halogens is 2. The summed E-state index contributed by atoms with van der Waals surface area (Å²) in [5.41, 5.74) is 3.55. The molecule has 0 unspecified atom stereocenters. The second-order valence-electron chi connectivity index (χ2n) is 4.54. The lowest BCUT2D eigenvalue weighted by Crippen LogP contribution is -2.19. The molecule has 0 aliphatic rings. The molecule has 0 aliphatic carbocycles. The molecule has 118 valence electrons. The van der Waals surface area contributed by atoms with Gasteiger partial charge in [-0.05, 0) is 11.6 Å². The topological polar surface area (TPSA) is 84.6 Å². The van der Waals surface area contributed by atoms with Crippen LogP contribution in [0.4, 0.5) is 5.69 Å². The number of amides is 1. The maximum atomic E-state index is 11.8. The van der Waals surface area contributed by atoms with Gasteiger partial charge in [0, 0.05) is 17.7 Å². The third kappa shape index (κ3) is 4.77. The van der Waals surface area contributed by atoms with E-state index in [1.165, 1.54) is 30.5 Å². The molecule has 8 heteroatoms. The summed E-state index contributed by atoms with van der Waals surface area (Å²) >= 11 is 11.9. The average Bonchev–Trinajstić information content (AvgIpc) is 2.52. The maximum Gasteiger partial charge on any atom is 0.269 e. The van der Waals surface area contributed by atoms with Crippen molar-refractivity contribution < 1.29 is 9.72 Å². The molecule has 0 saturated heterocycles. The highest BCUT2D eigenvalue weighted by Gasteiger charge is 2.07. The number of non-ortho nitro benzene ring substituents is 1. The largest absolute Gasteiger partial charge is 0.273 e. The third-order valence-corrected chi connectivity index (χ3v) is 3.72. The van der Waals surface area contributed by atoms with Crippen molar-refractivity contribution in [2.24, 2.45) is 5.10 Å². The minimum atomic E-state index is -0.497. The van der Waals surface area contributed by atoms with Crippen LogP contribution >= 0.6 is 23.2 Å². The minimum absolute atomic E-state index is 0.0252. The lowest BCUT2D eigenvalue weighted by atomic mass is 10.1. The molecule has 0 saturated carbocycles. The minimum Gasteiger partial charge on any atom is -0.273 e. The molecule has 2 aromatic rings. The molecule has 2 rings (SSSR count). The van der Waals surface area contributed by atoms with Gasteiger partial charge >= 0.3 is 0 Å². The van der Waals surface area contributed by atoms with Gasteiger partial charge in [0.25, 0.3) is 5.69 Å². The summed E-state index contributed by atoms with van der Waals surface area (Å²) in [7, 11) is 0. The SMILES string of the molecule is O=C(Cc1ccc([N+](=O)[O-])cc1)NN=Cc1cccc(Cl)c1Cl. The van der Waals surface area contributed by atoms with Gasteiger partial charge in [-0.25, -0.2) is 5.43 Å². The first-order valence-corrected chi connectivity index (χ1v) is 7.22. The van der Waals surface area contributed by atoms with Gasteiger partial charge in [-0.3, -0.25) is 14.9 Å². The second kappa shape index (κ2) is 7.71. The van der Waals surface area contributed by atoms with E-state index in [1.54, 1.807) is 18.2 Å². The molecule has 0 heterocycles. The van der Waals surface area contributed by atoms with E-state index < -0.39 is 4.92 Å². The van der Waals surface area contributed by atoms with Crippen molar-refractivity contribution >= 4 is 41.0 Å². The molecule has 0 aromatic heterocycles. The highest BCUT2D eigenvalue weighted by atomic mass is 35.5. The fourth-order valence-electron chi connectivity index (χ4n) is 1.75. The zero-order chi connectivity index (χ0) is 16.8. The van der Waals surface area contributed by atoms with Crippen molar-refractivity contribution in [1.82, 2.24) is 5.43 Å². The Hall–Kier alpha value is -2.44. The van der Waals surface area contributed by atoms with Gasteiger partial charge < -0.3 is 0 Å². The summed E-state index contributed by atoms with van der Waals surface area (Å²) in [5, 5.41) is 15.1. The zero-order valence-electron chi connectivity index (χ0n) is 11.7. The summed E-state index contributed by atoms with van der Waals surface area (Å²) in [6.45, 7) is 0. The monoisotopic (exact) mass is 351 g/mol. The number of nitrogens with one attached hydrogen (secondary N) is 1. The smallest absolute Gasteiger partial charge is 0.269 e. The first-order valence-electron chi connectivity index (χ1n) is 6.46. The van der Waals surface area contributed by atoms with Crippen molar-refractivity contribution in [2.45, 2.75) is 6.42 Å². The van der Waals surface area contributed by atoms with Crippen LogP contribution in [0.3, 0.4) is 0 Å². The van der Waals surface area contributed by atoms with Crippen molar-refractivity contribution in [2.75, 3.05) is 0 Å². The molecule has 0 bridgehead atoms. The number of hydrogen-bond donors (Lipinski definition) is 1. The van der Waals surface area contributed by atoms with Crippen LogP contribution in [0, 0.1) is 10.1 Å². The Balaban J connectivity index is 1.93. The molecule has 0 spiro atoms. The predicted octanol–water partition coefficient (Wildman–Crippen LogP) is 3.59. The van der Waals surface area contributed by atoms with Gasteiger partial charge in [0.15, 0.2) is 0 Å². The highest BCUT2D eigenvalue weighted by Crippen LogP contribution is 2.24. The van der Waals surface area contributed by atoms with Crippen LogP contribution in [0.15, 0.2) is 47.6 Å². The predicted molar refractivity (Wildman–Crippen MR) is 89.0 cm³/mol. The van der Waals surface area contributed by atoms with Crippen molar-refractivity contribution in [3.63, 3.8) is 0 Å². The van der Waals surface area contributed by atoms with Crippen molar-refractivity contribution in [1.29, 1.82) is 0 Å². The lowest BCUT2D eigenvalue weighted by molar-refractivity contribution is -0.384. The van der Waals surface area contributed by atoms with E-state index in [1.807, 2.05) is 0 Å². The summed E-state index contributed by atoms with van der Waals surface area (Å²) < 4.78 is 0. The number of nitro benzene ring substituents is 1. The van der Waals surface area contributed by atoms with Crippen LogP contribution < -0.4 is 5.43 Å². The summed E-state index contributed by atoms with van der Waals surface area (Å²) in [4.78, 5) is 21.8. The Kier molecular flexibility index (Phi) is 5.67. The maximum absolute atomic E-state index is 11.8. The van der Waals surface area contributed by atoms with Crippen LogP contribution in [0.2, 0.25) is 10.0 Å². The van der Waals surface area contributed by atoms with Crippen LogP contribution in [0.5, 0.6) is 0 Å². The van der Waals surface area contributed by atoms with Gasteiger partial charge in [-0.2, -0.15) is 5.10 Å². The van der Waals surface area contributed by atoms with Crippen molar-refractivity contribution in [3.05, 3.63) is 73.8 Å². The first-order chi connectivity index (χ1) is 11.0. The second-order valence-corrected chi connectivity index (χ2v) is 5.32. The highest BCUT2D eigenvalue weighted by molar-refractivity contribution is 6.43. The molecule has 0 fully saturated rings. The molecular formula is C15H11Cl2N3O3. The molecule has 0 atom stereocenters. The molecule has 2 aromatic carbocycles. The molecule has 1 amide bonds. The van der Waals surface area contributed by atoms with Crippen LogP contribution in [-0.4, -0.2) is 17.0 Å². The van der Waals surface area contributed by atoms with E-state index in [0.717, 1.165) is 0 Å². The van der Waals surface area contributed by atoms with Crippen LogP contribution in [0.1, 0.15) is 11.1 Å².